The molecule has 0 bridgehead atoms. The predicted octanol–water partition coefficient (Wildman–Crippen LogP) is 6.98. The topological polar surface area (TPSA) is 50.7 Å². The van der Waals surface area contributed by atoms with Crippen molar-refractivity contribution in [2.45, 2.75) is 17.3 Å². The van der Waals surface area contributed by atoms with Crippen molar-refractivity contribution >= 4 is 35.5 Å². The molecule has 0 aliphatic carbocycles. The summed E-state index contributed by atoms with van der Waals surface area (Å²) < 4.78 is 5.78. The van der Waals surface area contributed by atoms with E-state index in [1.54, 1.807) is 18.0 Å². The normalized spacial score (nSPS) is 10.9. The van der Waals surface area contributed by atoms with Crippen molar-refractivity contribution < 1.29 is 9.53 Å². The molecule has 0 atom stereocenters. The lowest BCUT2D eigenvalue weighted by atomic mass is 10.1. The molecule has 0 saturated heterocycles. The van der Waals surface area contributed by atoms with Crippen molar-refractivity contribution in [3.8, 4) is 5.75 Å². The first-order valence-corrected chi connectivity index (χ1v) is 12.1. The second kappa shape index (κ2) is 12.1. The van der Waals surface area contributed by atoms with Crippen LogP contribution in [0.5, 0.6) is 5.75 Å². The first-order valence-electron chi connectivity index (χ1n) is 10.7. The molecule has 4 aromatic carbocycles. The fourth-order valence-corrected chi connectivity index (χ4v) is 4.05. The third-order valence-corrected chi connectivity index (χ3v) is 6.28. The zero-order valence-electron chi connectivity index (χ0n) is 18.4. The molecule has 4 nitrogen and oxygen atoms in total. The number of carbonyl (C=O) groups excluding carboxylic acids is 1. The zero-order chi connectivity index (χ0) is 23.6. The van der Waals surface area contributed by atoms with E-state index < -0.39 is 0 Å². The van der Waals surface area contributed by atoms with Gasteiger partial charge in [0, 0.05) is 21.2 Å². The van der Waals surface area contributed by atoms with Crippen LogP contribution in [0.4, 0.5) is 0 Å². The van der Waals surface area contributed by atoms with Crippen LogP contribution >= 0.6 is 23.4 Å². The molecule has 34 heavy (non-hydrogen) atoms. The summed E-state index contributed by atoms with van der Waals surface area (Å²) >= 11 is 7.64. The molecular weight excluding hydrogens is 464 g/mol. The van der Waals surface area contributed by atoms with Crippen molar-refractivity contribution in [3.63, 3.8) is 0 Å². The number of amides is 1. The number of hydrogen-bond acceptors (Lipinski definition) is 4. The summed E-state index contributed by atoms with van der Waals surface area (Å²) in [4.78, 5) is 13.5. The number of nitrogens with one attached hydrogen (secondary N) is 1. The van der Waals surface area contributed by atoms with Gasteiger partial charge in [0.15, 0.2) is 0 Å². The molecule has 0 saturated carbocycles. The van der Waals surface area contributed by atoms with Gasteiger partial charge in [0.1, 0.15) is 12.4 Å². The number of hydrogen-bond donors (Lipinski definition) is 1. The van der Waals surface area contributed by atoms with Crippen molar-refractivity contribution in [2.75, 3.05) is 0 Å². The maximum atomic E-state index is 12.4. The number of thioether (sulfide) groups is 1. The summed E-state index contributed by atoms with van der Waals surface area (Å²) in [6, 6.07) is 32.8. The van der Waals surface area contributed by atoms with E-state index in [0.29, 0.717) is 12.2 Å². The maximum absolute atomic E-state index is 12.4. The summed E-state index contributed by atoms with van der Waals surface area (Å²) in [7, 11) is 0. The van der Waals surface area contributed by atoms with Crippen molar-refractivity contribution in [2.24, 2.45) is 5.10 Å². The molecule has 0 aromatic heterocycles. The van der Waals surface area contributed by atoms with Gasteiger partial charge < -0.3 is 4.74 Å². The largest absolute Gasteiger partial charge is 0.489 e. The molecule has 1 N–H and O–H groups in total. The van der Waals surface area contributed by atoms with E-state index in [1.165, 1.54) is 0 Å². The Labute approximate surface area is 208 Å². The number of benzene rings is 4. The summed E-state index contributed by atoms with van der Waals surface area (Å²) in [5, 5.41) is 4.80. The van der Waals surface area contributed by atoms with Crippen LogP contribution in [0.15, 0.2) is 113 Å². The second-order valence-corrected chi connectivity index (χ2v) is 8.97. The van der Waals surface area contributed by atoms with E-state index in [1.807, 2.05) is 103 Å². The van der Waals surface area contributed by atoms with Gasteiger partial charge in [-0.05, 0) is 77.4 Å². The summed E-state index contributed by atoms with van der Waals surface area (Å²) in [6.45, 7) is 0.517. The lowest BCUT2D eigenvalue weighted by Crippen LogP contribution is -2.17. The molecule has 4 rings (SSSR count). The molecule has 1 amide bonds. The molecule has 4 aromatic rings. The van der Waals surface area contributed by atoms with E-state index in [0.717, 1.165) is 38.1 Å². The first kappa shape index (κ1) is 23.6. The van der Waals surface area contributed by atoms with Gasteiger partial charge >= 0.3 is 0 Å². The van der Waals surface area contributed by atoms with E-state index in [-0.39, 0.29) is 5.91 Å². The Balaban J connectivity index is 1.23. The summed E-state index contributed by atoms with van der Waals surface area (Å²) in [5.41, 5.74) is 6.24. The first-order chi connectivity index (χ1) is 16.7. The van der Waals surface area contributed by atoms with Gasteiger partial charge in [0.2, 0.25) is 0 Å². The lowest BCUT2D eigenvalue weighted by Gasteiger charge is -2.06. The number of halogens is 1. The molecular formula is C28H23ClN2O2S. The Hall–Kier alpha value is -3.54. The second-order valence-electron chi connectivity index (χ2n) is 7.48. The zero-order valence-corrected chi connectivity index (χ0v) is 19.9. The highest BCUT2D eigenvalue weighted by Gasteiger charge is 2.05. The van der Waals surface area contributed by atoms with E-state index in [4.69, 9.17) is 16.3 Å². The van der Waals surface area contributed by atoms with Gasteiger partial charge in [-0.2, -0.15) is 5.10 Å². The van der Waals surface area contributed by atoms with Crippen LogP contribution < -0.4 is 10.2 Å². The van der Waals surface area contributed by atoms with Gasteiger partial charge in [-0.1, -0.05) is 54.1 Å². The third kappa shape index (κ3) is 7.24. The molecule has 6 heteroatoms. The van der Waals surface area contributed by atoms with Gasteiger partial charge in [-0.15, -0.1) is 11.8 Å². The van der Waals surface area contributed by atoms with Crippen LogP contribution in [0.1, 0.15) is 27.0 Å². The number of nitrogens with zero attached hydrogens (tertiary/aromatic N) is 1. The molecule has 0 aliphatic heterocycles. The minimum Gasteiger partial charge on any atom is -0.489 e. The summed E-state index contributed by atoms with van der Waals surface area (Å²) in [6.07, 6.45) is 1.61. The van der Waals surface area contributed by atoms with Crippen LogP contribution in [0.25, 0.3) is 0 Å². The van der Waals surface area contributed by atoms with Crippen LogP contribution in [0.3, 0.4) is 0 Å². The lowest BCUT2D eigenvalue weighted by molar-refractivity contribution is 0.0955. The smallest absolute Gasteiger partial charge is 0.271 e. The van der Waals surface area contributed by atoms with Crippen molar-refractivity contribution in [3.05, 3.63) is 130 Å². The Morgan fingerprint density at radius 1 is 0.853 bits per heavy atom. The van der Waals surface area contributed by atoms with Crippen LogP contribution in [-0.2, 0) is 12.4 Å². The number of rotatable bonds is 9. The van der Waals surface area contributed by atoms with Crippen LogP contribution in [0, 0.1) is 0 Å². The minimum atomic E-state index is -0.254. The standard InChI is InChI=1S/C28H23ClN2O2S/c29-25-12-16-27(17-13-25)34-20-23-6-10-24(11-7-23)28(32)31-30-18-21-8-14-26(15-9-21)33-19-22-4-2-1-3-5-22/h1-18H,19-20H2,(H,31,32)/b30-18-. The molecule has 0 fully saturated rings. The minimum absolute atomic E-state index is 0.254. The van der Waals surface area contributed by atoms with E-state index in [9.17, 15) is 4.79 Å². The molecule has 170 valence electrons. The quantitative estimate of drug-likeness (QED) is 0.158. The Morgan fingerprint density at radius 3 is 2.26 bits per heavy atom. The molecule has 0 unspecified atom stereocenters. The van der Waals surface area contributed by atoms with Crippen molar-refractivity contribution in [1.29, 1.82) is 0 Å². The maximum Gasteiger partial charge on any atom is 0.271 e. The van der Waals surface area contributed by atoms with E-state index >= 15 is 0 Å². The number of hydrazone groups is 1. The highest BCUT2D eigenvalue weighted by atomic mass is 35.5. The molecule has 0 aliphatic rings. The van der Waals surface area contributed by atoms with Crippen molar-refractivity contribution in [1.82, 2.24) is 5.43 Å². The van der Waals surface area contributed by atoms with E-state index in [2.05, 4.69) is 10.5 Å². The van der Waals surface area contributed by atoms with Gasteiger partial charge in [0.05, 0.1) is 6.21 Å². The number of carbonyl (C=O) groups is 1. The molecule has 0 heterocycles. The average Bonchev–Trinajstić information content (AvgIpc) is 2.89. The van der Waals surface area contributed by atoms with Gasteiger partial charge in [0.25, 0.3) is 5.91 Å². The fourth-order valence-electron chi connectivity index (χ4n) is 3.07. The monoisotopic (exact) mass is 486 g/mol. The highest BCUT2D eigenvalue weighted by molar-refractivity contribution is 7.98. The van der Waals surface area contributed by atoms with Crippen LogP contribution in [0.2, 0.25) is 5.02 Å². The average molecular weight is 487 g/mol. The highest BCUT2D eigenvalue weighted by Crippen LogP contribution is 2.24. The number of ether oxygens (including phenoxy) is 1. The molecule has 0 radical (unpaired) electrons. The SMILES string of the molecule is O=C(N/N=C\c1ccc(OCc2ccccc2)cc1)c1ccc(CSc2ccc(Cl)cc2)cc1. The van der Waals surface area contributed by atoms with Gasteiger partial charge in [-0.25, -0.2) is 5.43 Å². The Kier molecular flexibility index (Phi) is 8.38. The molecule has 0 spiro atoms. The summed E-state index contributed by atoms with van der Waals surface area (Å²) in [5.74, 6) is 1.34. The fraction of sp³-hybridized carbons (Fsp3) is 0.0714. The van der Waals surface area contributed by atoms with Gasteiger partial charge in [-0.3, -0.25) is 4.79 Å². The Bertz CT molecular complexity index is 1230. The predicted molar refractivity (Wildman–Crippen MR) is 140 cm³/mol. The van der Waals surface area contributed by atoms with Crippen LogP contribution in [-0.4, -0.2) is 12.1 Å². The Morgan fingerprint density at radius 2 is 1.56 bits per heavy atom. The third-order valence-electron chi connectivity index (χ3n) is 4.94.